The lowest BCUT2D eigenvalue weighted by molar-refractivity contribution is -0.428. The van der Waals surface area contributed by atoms with E-state index in [9.17, 15) is 28.2 Å². The smallest absolute Gasteiger partial charge is 0.476 e. The normalized spacial score (nSPS) is 14.5. The molecule has 8 nitrogen and oxygen atoms in total. The van der Waals surface area contributed by atoms with Crippen molar-refractivity contribution in [2.45, 2.75) is 38.1 Å². The maximum absolute atomic E-state index is 12.7. The number of alkyl halides is 3. The fourth-order valence-electron chi connectivity index (χ4n) is 3.49. The molecule has 0 bridgehead atoms. The molecule has 1 aromatic heterocycles. The van der Waals surface area contributed by atoms with E-state index < -0.39 is 12.1 Å². The molecule has 1 aliphatic rings. The van der Waals surface area contributed by atoms with Crippen molar-refractivity contribution >= 4 is 0 Å². The second kappa shape index (κ2) is 9.10. The molecule has 176 valence electrons. The van der Waals surface area contributed by atoms with Crippen LogP contribution in [0.2, 0.25) is 0 Å². The molecule has 0 aliphatic carbocycles. The van der Waals surface area contributed by atoms with Crippen LogP contribution >= 0.6 is 0 Å². The minimum Gasteiger partial charge on any atom is -0.476 e. The monoisotopic (exact) mass is 459 g/mol. The third kappa shape index (κ3) is 4.75. The summed E-state index contributed by atoms with van der Waals surface area (Å²) in [6.45, 7) is 2.49. The lowest BCUT2D eigenvalue weighted by Gasteiger charge is -2.28. The number of hydrogen-bond acceptors (Lipinski definition) is 7. The topological polar surface area (TPSA) is 99.4 Å². The van der Waals surface area contributed by atoms with Crippen molar-refractivity contribution < 1.29 is 42.3 Å². The number of halogens is 3. The van der Waals surface area contributed by atoms with E-state index in [1.165, 1.54) is 38.5 Å². The first-order valence-electron chi connectivity index (χ1n) is 9.71. The number of nitrogens with zero attached hydrogens (tertiary/aromatic N) is 1. The van der Waals surface area contributed by atoms with E-state index in [1.807, 2.05) is 4.57 Å². The quantitative estimate of drug-likeness (QED) is 0.583. The van der Waals surface area contributed by atoms with Gasteiger partial charge in [-0.25, -0.2) is 0 Å². The molecule has 0 saturated carbocycles. The molecule has 2 N–H and O–H groups in total. The fraction of sp³-hybridized carbons (Fsp3) is 0.476. The highest BCUT2D eigenvalue weighted by molar-refractivity contribution is 5.70. The van der Waals surface area contributed by atoms with Crippen LogP contribution in [0.15, 0.2) is 29.1 Å². The molecular weight excluding hydrogens is 435 g/mol. The summed E-state index contributed by atoms with van der Waals surface area (Å²) in [6.07, 6.45) is -5.34. The minimum atomic E-state index is -5.39. The Bertz CT molecular complexity index is 1030. The highest BCUT2D eigenvalue weighted by Gasteiger charge is 2.56. The molecular formula is C21H24F3NO7. The Labute approximate surface area is 181 Å². The van der Waals surface area contributed by atoms with E-state index in [-0.39, 0.29) is 23.9 Å². The van der Waals surface area contributed by atoms with Gasteiger partial charge in [-0.3, -0.25) is 4.79 Å². The van der Waals surface area contributed by atoms with Gasteiger partial charge in [0.1, 0.15) is 18.5 Å². The van der Waals surface area contributed by atoms with Gasteiger partial charge in [0.25, 0.3) is 0 Å². The SMILES string of the molecule is COC[C@@H](COc1cc(=O)c(C)c2n1CCc1cc(OC(O)(O)C(F)(F)F)ccc1-2)OC. The van der Waals surface area contributed by atoms with Crippen molar-refractivity contribution in [3.05, 3.63) is 45.6 Å². The number of fused-ring (bicyclic) bond motifs is 3. The van der Waals surface area contributed by atoms with E-state index >= 15 is 0 Å². The van der Waals surface area contributed by atoms with Crippen LogP contribution in [0.5, 0.6) is 11.6 Å². The highest BCUT2D eigenvalue weighted by atomic mass is 19.4. The molecule has 0 amide bonds. The Morgan fingerprint density at radius 1 is 1.16 bits per heavy atom. The average Bonchev–Trinajstić information content (AvgIpc) is 2.72. The van der Waals surface area contributed by atoms with Gasteiger partial charge in [-0.05, 0) is 37.1 Å². The maximum Gasteiger partial charge on any atom is 0.486 e. The van der Waals surface area contributed by atoms with Gasteiger partial charge in [-0.2, -0.15) is 13.2 Å². The Morgan fingerprint density at radius 2 is 1.88 bits per heavy atom. The zero-order valence-electron chi connectivity index (χ0n) is 17.7. The van der Waals surface area contributed by atoms with Crippen LogP contribution < -0.4 is 14.9 Å². The molecule has 1 aromatic carbocycles. The number of methoxy groups -OCH3 is 2. The van der Waals surface area contributed by atoms with Gasteiger partial charge in [0.2, 0.25) is 0 Å². The number of aliphatic hydroxyl groups is 2. The summed E-state index contributed by atoms with van der Waals surface area (Å²) in [7, 11) is 3.05. The Hall–Kier alpha value is -2.60. The van der Waals surface area contributed by atoms with E-state index in [4.69, 9.17) is 14.2 Å². The van der Waals surface area contributed by atoms with E-state index in [2.05, 4.69) is 4.74 Å². The van der Waals surface area contributed by atoms with Crippen molar-refractivity contribution in [2.24, 2.45) is 0 Å². The molecule has 0 fully saturated rings. The van der Waals surface area contributed by atoms with Gasteiger partial charge >= 0.3 is 12.1 Å². The summed E-state index contributed by atoms with van der Waals surface area (Å²) in [5.74, 6) is -4.35. The number of rotatable bonds is 8. The van der Waals surface area contributed by atoms with Gasteiger partial charge in [-0.15, -0.1) is 0 Å². The molecule has 32 heavy (non-hydrogen) atoms. The number of ether oxygens (including phenoxy) is 4. The maximum atomic E-state index is 12.7. The highest BCUT2D eigenvalue weighted by Crippen LogP contribution is 2.37. The van der Waals surface area contributed by atoms with Crippen molar-refractivity contribution in [3.8, 4) is 22.9 Å². The molecule has 1 aliphatic heterocycles. The number of hydrogen-bond donors (Lipinski definition) is 2. The van der Waals surface area contributed by atoms with E-state index in [1.54, 1.807) is 6.92 Å². The predicted molar refractivity (Wildman–Crippen MR) is 107 cm³/mol. The Kier molecular flexibility index (Phi) is 6.84. The lowest BCUT2D eigenvalue weighted by Crippen LogP contribution is -2.50. The first-order chi connectivity index (χ1) is 15.0. The molecule has 1 atom stereocenters. The Morgan fingerprint density at radius 3 is 2.50 bits per heavy atom. The molecule has 11 heteroatoms. The second-order valence-corrected chi connectivity index (χ2v) is 7.37. The van der Waals surface area contributed by atoms with E-state index in [0.717, 1.165) is 0 Å². The summed E-state index contributed by atoms with van der Waals surface area (Å²) in [5.41, 5.74) is 1.95. The van der Waals surface area contributed by atoms with E-state index in [0.29, 0.717) is 47.8 Å². The van der Waals surface area contributed by atoms with Crippen LogP contribution in [0.1, 0.15) is 11.1 Å². The van der Waals surface area contributed by atoms with Crippen LogP contribution in [0.4, 0.5) is 13.2 Å². The summed E-state index contributed by atoms with van der Waals surface area (Å²) >= 11 is 0. The average molecular weight is 459 g/mol. The molecule has 0 radical (unpaired) electrons. The number of aromatic nitrogens is 1. The molecule has 0 spiro atoms. The summed E-state index contributed by atoms with van der Waals surface area (Å²) in [4.78, 5) is 12.6. The number of benzene rings is 1. The minimum absolute atomic E-state index is 0.151. The standard InChI is InChI=1S/C21H24F3NO7/c1-12-17(26)9-18(31-11-15(30-3)10-29-2)25-7-6-13-8-14(4-5-16(13)19(12)25)32-21(27,28)20(22,23)24/h4-5,8-9,15,27-28H,6-7,10-11H2,1-3H3/t15-/m0/s1. The summed E-state index contributed by atoms with van der Waals surface area (Å²) in [6, 6.07) is 5.33. The fourth-order valence-corrected chi connectivity index (χ4v) is 3.49. The largest absolute Gasteiger partial charge is 0.486 e. The van der Waals surface area contributed by atoms with Crippen molar-refractivity contribution in [1.82, 2.24) is 4.57 Å². The lowest BCUT2D eigenvalue weighted by atomic mass is 9.94. The van der Waals surface area contributed by atoms with Crippen molar-refractivity contribution in [3.63, 3.8) is 0 Å². The first kappa shape index (κ1) is 24.1. The van der Waals surface area contributed by atoms with Gasteiger partial charge < -0.3 is 33.7 Å². The van der Waals surface area contributed by atoms with Crippen LogP contribution in [-0.2, 0) is 22.4 Å². The summed E-state index contributed by atoms with van der Waals surface area (Å²) < 4.78 is 60.5. The van der Waals surface area contributed by atoms with Gasteiger partial charge in [0, 0.05) is 38.0 Å². The van der Waals surface area contributed by atoms with Gasteiger partial charge in [0.15, 0.2) is 11.3 Å². The van der Waals surface area contributed by atoms with Crippen LogP contribution in [0.25, 0.3) is 11.3 Å². The molecule has 3 rings (SSSR count). The zero-order chi connectivity index (χ0) is 23.7. The van der Waals surface area contributed by atoms with Crippen LogP contribution in [-0.4, -0.2) is 60.5 Å². The summed E-state index contributed by atoms with van der Waals surface area (Å²) in [5, 5.41) is 18.3. The first-order valence-corrected chi connectivity index (χ1v) is 9.71. The van der Waals surface area contributed by atoms with Crippen molar-refractivity contribution in [1.29, 1.82) is 0 Å². The number of pyridine rings is 1. The third-order valence-corrected chi connectivity index (χ3v) is 5.18. The van der Waals surface area contributed by atoms with Gasteiger partial charge in [-0.1, -0.05) is 0 Å². The molecule has 0 saturated heterocycles. The molecule has 2 heterocycles. The van der Waals surface area contributed by atoms with Crippen LogP contribution in [0.3, 0.4) is 0 Å². The third-order valence-electron chi connectivity index (χ3n) is 5.18. The Balaban J connectivity index is 1.96. The second-order valence-electron chi connectivity index (χ2n) is 7.37. The van der Waals surface area contributed by atoms with Gasteiger partial charge in [0.05, 0.1) is 12.3 Å². The molecule has 0 unspecified atom stereocenters. The molecule has 2 aromatic rings. The van der Waals surface area contributed by atoms with Crippen molar-refractivity contribution in [2.75, 3.05) is 27.4 Å². The zero-order valence-corrected chi connectivity index (χ0v) is 17.7. The number of aryl methyl sites for hydroxylation is 1. The predicted octanol–water partition coefficient (Wildman–Crippen LogP) is 2.00. The van der Waals surface area contributed by atoms with Crippen LogP contribution in [0, 0.1) is 6.92 Å².